The van der Waals surface area contributed by atoms with E-state index in [1.807, 2.05) is 0 Å². The molecule has 0 spiro atoms. The molecular weight excluding hydrogens is 204 g/mol. The van der Waals surface area contributed by atoms with E-state index < -0.39 is 0 Å². The first-order valence-electron chi connectivity index (χ1n) is 5.47. The molecule has 0 aromatic carbocycles. The van der Waals surface area contributed by atoms with Crippen molar-refractivity contribution in [2.45, 2.75) is 13.8 Å². The Morgan fingerprint density at radius 1 is 1.62 bits per heavy atom. The van der Waals surface area contributed by atoms with Crippen molar-refractivity contribution in [3.05, 3.63) is 12.3 Å². The molecule has 2 heterocycles. The third kappa shape index (κ3) is 1.95. The third-order valence-electron chi connectivity index (χ3n) is 3.31. The molecule has 1 aliphatic rings. The lowest BCUT2D eigenvalue weighted by Gasteiger charge is -2.23. The number of nitrogens with zero attached hydrogens (tertiary/aromatic N) is 3. The van der Waals surface area contributed by atoms with E-state index in [2.05, 4.69) is 28.7 Å². The van der Waals surface area contributed by atoms with Crippen LogP contribution in [0.5, 0.6) is 0 Å². The van der Waals surface area contributed by atoms with Crippen LogP contribution in [-0.2, 0) is 0 Å². The summed E-state index contributed by atoms with van der Waals surface area (Å²) in [6, 6.07) is 1.67. The monoisotopic (exact) mass is 222 g/mol. The molecule has 1 aromatic heterocycles. The minimum atomic E-state index is 0.0860. The van der Waals surface area contributed by atoms with E-state index in [9.17, 15) is 5.11 Å². The van der Waals surface area contributed by atoms with Crippen molar-refractivity contribution in [1.29, 1.82) is 0 Å². The molecule has 1 atom stereocenters. The molecule has 0 saturated carbocycles. The zero-order valence-electron chi connectivity index (χ0n) is 9.72. The Morgan fingerprint density at radius 3 is 2.94 bits per heavy atom. The van der Waals surface area contributed by atoms with E-state index in [4.69, 9.17) is 5.73 Å². The minimum absolute atomic E-state index is 0.0860. The first-order chi connectivity index (χ1) is 7.53. The van der Waals surface area contributed by atoms with Gasteiger partial charge < -0.3 is 15.7 Å². The van der Waals surface area contributed by atoms with Crippen LogP contribution in [0, 0.1) is 11.3 Å². The predicted molar refractivity (Wildman–Crippen MR) is 63.0 cm³/mol. The van der Waals surface area contributed by atoms with Gasteiger partial charge in [-0.2, -0.15) is 4.98 Å². The fourth-order valence-corrected chi connectivity index (χ4v) is 2.17. The summed E-state index contributed by atoms with van der Waals surface area (Å²) >= 11 is 0. The van der Waals surface area contributed by atoms with E-state index in [0.29, 0.717) is 11.8 Å². The lowest BCUT2D eigenvalue weighted by Crippen LogP contribution is -2.25. The Bertz CT molecular complexity index is 380. The van der Waals surface area contributed by atoms with Gasteiger partial charge in [0, 0.05) is 31.8 Å². The van der Waals surface area contributed by atoms with Crippen LogP contribution in [0.1, 0.15) is 13.8 Å². The zero-order valence-corrected chi connectivity index (χ0v) is 9.72. The number of anilines is 2. The molecule has 0 amide bonds. The Hall–Kier alpha value is -1.36. The lowest BCUT2D eigenvalue weighted by atomic mass is 9.83. The van der Waals surface area contributed by atoms with Gasteiger partial charge in [-0.15, -0.1) is 0 Å². The summed E-state index contributed by atoms with van der Waals surface area (Å²) in [5.41, 5.74) is 5.72. The van der Waals surface area contributed by atoms with Crippen LogP contribution in [0.2, 0.25) is 0 Å². The Kier molecular flexibility index (Phi) is 2.71. The minimum Gasteiger partial charge on any atom is -0.396 e. The van der Waals surface area contributed by atoms with Gasteiger partial charge in [0.1, 0.15) is 5.82 Å². The number of aliphatic hydroxyl groups excluding tert-OH is 1. The van der Waals surface area contributed by atoms with Crippen molar-refractivity contribution >= 4 is 11.8 Å². The highest BCUT2D eigenvalue weighted by Gasteiger charge is 2.39. The number of nitrogens with two attached hydrogens (primary N) is 1. The zero-order chi connectivity index (χ0) is 11.8. The van der Waals surface area contributed by atoms with Gasteiger partial charge in [0.05, 0.1) is 0 Å². The number of aromatic nitrogens is 2. The molecule has 5 heteroatoms. The molecule has 88 valence electrons. The Balaban J connectivity index is 2.19. The van der Waals surface area contributed by atoms with Crippen molar-refractivity contribution < 1.29 is 5.11 Å². The highest BCUT2D eigenvalue weighted by Crippen LogP contribution is 2.36. The van der Waals surface area contributed by atoms with Gasteiger partial charge in [-0.3, -0.25) is 0 Å². The fourth-order valence-electron chi connectivity index (χ4n) is 2.17. The third-order valence-corrected chi connectivity index (χ3v) is 3.31. The van der Waals surface area contributed by atoms with Gasteiger partial charge in [-0.1, -0.05) is 13.8 Å². The molecule has 1 aromatic rings. The maximum atomic E-state index is 9.33. The highest BCUT2D eigenvalue weighted by molar-refractivity contribution is 5.39. The maximum Gasteiger partial charge on any atom is 0.227 e. The second-order valence-electron chi connectivity index (χ2n) is 5.03. The van der Waals surface area contributed by atoms with Gasteiger partial charge in [-0.25, -0.2) is 4.98 Å². The van der Waals surface area contributed by atoms with Gasteiger partial charge in [0.25, 0.3) is 0 Å². The highest BCUT2D eigenvalue weighted by atomic mass is 16.3. The van der Waals surface area contributed by atoms with Gasteiger partial charge in [-0.05, 0) is 11.5 Å². The molecule has 1 fully saturated rings. The van der Waals surface area contributed by atoms with E-state index in [1.54, 1.807) is 12.3 Å². The van der Waals surface area contributed by atoms with Crippen LogP contribution in [0.25, 0.3) is 0 Å². The number of hydrogen-bond acceptors (Lipinski definition) is 5. The summed E-state index contributed by atoms with van der Waals surface area (Å²) in [4.78, 5) is 10.5. The normalized spacial score (nSPS) is 23.7. The maximum absolute atomic E-state index is 9.33. The van der Waals surface area contributed by atoms with Gasteiger partial charge >= 0.3 is 0 Å². The van der Waals surface area contributed by atoms with E-state index >= 15 is 0 Å². The van der Waals surface area contributed by atoms with Gasteiger partial charge in [0.15, 0.2) is 0 Å². The summed E-state index contributed by atoms with van der Waals surface area (Å²) in [5.74, 6) is 1.40. The molecule has 3 N–H and O–H groups in total. The summed E-state index contributed by atoms with van der Waals surface area (Å²) in [7, 11) is 0. The van der Waals surface area contributed by atoms with E-state index in [1.165, 1.54) is 0 Å². The quantitative estimate of drug-likeness (QED) is 0.762. The topological polar surface area (TPSA) is 75.3 Å². The summed E-state index contributed by atoms with van der Waals surface area (Å²) < 4.78 is 0. The number of hydrogen-bond donors (Lipinski definition) is 2. The van der Waals surface area contributed by atoms with Crippen molar-refractivity contribution in [2.24, 2.45) is 11.3 Å². The first-order valence-corrected chi connectivity index (χ1v) is 5.47. The van der Waals surface area contributed by atoms with Crippen LogP contribution in [0.3, 0.4) is 0 Å². The van der Waals surface area contributed by atoms with E-state index in [-0.39, 0.29) is 17.9 Å². The largest absolute Gasteiger partial charge is 0.396 e. The average molecular weight is 222 g/mol. The summed E-state index contributed by atoms with van der Waals surface area (Å²) in [5, 5.41) is 9.33. The average Bonchev–Trinajstić information content (AvgIpc) is 2.53. The molecule has 1 unspecified atom stereocenters. The molecule has 2 rings (SSSR count). The molecule has 1 saturated heterocycles. The molecule has 16 heavy (non-hydrogen) atoms. The summed E-state index contributed by atoms with van der Waals surface area (Å²) in [6.07, 6.45) is 1.66. The first kappa shape index (κ1) is 11.1. The number of rotatable bonds is 2. The molecule has 0 radical (unpaired) electrons. The second-order valence-corrected chi connectivity index (χ2v) is 5.03. The Morgan fingerprint density at radius 2 is 2.38 bits per heavy atom. The van der Waals surface area contributed by atoms with Gasteiger partial charge in [0.2, 0.25) is 5.95 Å². The second kappa shape index (κ2) is 3.90. The van der Waals surface area contributed by atoms with Crippen molar-refractivity contribution in [1.82, 2.24) is 9.97 Å². The van der Waals surface area contributed by atoms with E-state index in [0.717, 1.165) is 13.1 Å². The molecule has 0 aliphatic carbocycles. The number of aliphatic hydroxyl groups is 1. The standard InChI is InChI=1S/C11H18N4O/c1-11(2)7-15(5-8(11)6-16)10-13-4-3-9(12)14-10/h3-4,8,16H,5-7H2,1-2H3,(H2,12,13,14). The van der Waals surface area contributed by atoms with Crippen molar-refractivity contribution in [3.63, 3.8) is 0 Å². The fraction of sp³-hybridized carbons (Fsp3) is 0.636. The van der Waals surface area contributed by atoms with Crippen LogP contribution in [0.15, 0.2) is 12.3 Å². The molecule has 0 bridgehead atoms. The molecule has 5 nitrogen and oxygen atoms in total. The lowest BCUT2D eigenvalue weighted by molar-refractivity contribution is 0.161. The van der Waals surface area contributed by atoms with Crippen LogP contribution in [-0.4, -0.2) is 34.8 Å². The van der Waals surface area contributed by atoms with Crippen molar-refractivity contribution in [3.8, 4) is 0 Å². The molecular formula is C11H18N4O. The van der Waals surface area contributed by atoms with Crippen molar-refractivity contribution in [2.75, 3.05) is 30.3 Å². The number of nitrogen functional groups attached to an aromatic ring is 1. The van der Waals surface area contributed by atoms with Crippen LogP contribution < -0.4 is 10.6 Å². The smallest absolute Gasteiger partial charge is 0.227 e. The summed E-state index contributed by atoms with van der Waals surface area (Å²) in [6.45, 7) is 6.14. The van der Waals surface area contributed by atoms with Crippen LogP contribution >= 0.6 is 0 Å². The molecule has 1 aliphatic heterocycles. The SMILES string of the molecule is CC1(C)CN(c2nccc(N)n2)CC1CO. The van der Waals surface area contributed by atoms with Crippen LogP contribution in [0.4, 0.5) is 11.8 Å². The Labute approximate surface area is 95.3 Å². The predicted octanol–water partition coefficient (Wildman–Crippen LogP) is 0.514.